The van der Waals surface area contributed by atoms with E-state index in [1.54, 1.807) is 6.20 Å². The molecule has 1 aliphatic carbocycles. The molecule has 0 aliphatic heterocycles. The van der Waals surface area contributed by atoms with Crippen LogP contribution in [0, 0.1) is 10.8 Å². The van der Waals surface area contributed by atoms with Crippen LogP contribution in [0.4, 0.5) is 5.69 Å². The molecule has 3 heteroatoms. The van der Waals surface area contributed by atoms with Crippen molar-refractivity contribution in [2.24, 2.45) is 15.8 Å². The fourth-order valence-corrected chi connectivity index (χ4v) is 3.69. The van der Waals surface area contributed by atoms with Crippen molar-refractivity contribution in [3.8, 4) is 0 Å². The van der Waals surface area contributed by atoms with E-state index in [1.165, 1.54) is 5.57 Å². The van der Waals surface area contributed by atoms with Crippen molar-refractivity contribution in [1.29, 1.82) is 0 Å². The van der Waals surface area contributed by atoms with Gasteiger partial charge < -0.3 is 5.11 Å². The van der Waals surface area contributed by atoms with E-state index in [0.29, 0.717) is 0 Å². The topological polar surface area (TPSA) is 45.5 Å². The van der Waals surface area contributed by atoms with E-state index < -0.39 is 6.10 Å². The first-order valence-corrected chi connectivity index (χ1v) is 9.54. The number of aliphatic hydroxyl groups is 1. The molecule has 0 radical (unpaired) electrons. The fraction of sp³-hybridized carbons (Fsp3) is 0.417. The van der Waals surface area contributed by atoms with Crippen LogP contribution in [0.2, 0.25) is 0 Å². The van der Waals surface area contributed by atoms with E-state index in [9.17, 15) is 5.11 Å². The zero-order valence-corrected chi connectivity index (χ0v) is 17.5. The lowest BCUT2D eigenvalue weighted by Gasteiger charge is -2.36. The molecular weight excluding hydrogens is 332 g/mol. The Morgan fingerprint density at radius 1 is 0.963 bits per heavy atom. The van der Waals surface area contributed by atoms with Crippen molar-refractivity contribution in [3.63, 3.8) is 0 Å². The minimum atomic E-state index is -0.706. The molecule has 1 aliphatic rings. The Morgan fingerprint density at radius 3 is 2.26 bits per heavy atom. The van der Waals surface area contributed by atoms with Gasteiger partial charge in [0.05, 0.1) is 16.9 Å². The normalized spacial score (nSPS) is 20.4. The molecule has 0 fully saturated rings. The van der Waals surface area contributed by atoms with Gasteiger partial charge in [-0.25, -0.2) is 4.99 Å². The molecule has 1 aromatic heterocycles. The summed E-state index contributed by atoms with van der Waals surface area (Å²) in [6.45, 7) is 15.1. The lowest BCUT2D eigenvalue weighted by Crippen LogP contribution is -2.35. The molecule has 3 rings (SSSR count). The third kappa shape index (κ3) is 3.74. The number of allylic oxidation sites excluding steroid dienone is 2. The quantitative estimate of drug-likeness (QED) is 0.674. The second-order valence-corrected chi connectivity index (χ2v) is 9.39. The number of pyridine rings is 1. The van der Waals surface area contributed by atoms with Gasteiger partial charge in [0.1, 0.15) is 6.10 Å². The van der Waals surface area contributed by atoms with Crippen LogP contribution in [0.25, 0.3) is 10.9 Å². The highest BCUT2D eigenvalue weighted by Crippen LogP contribution is 2.41. The summed E-state index contributed by atoms with van der Waals surface area (Å²) in [5.41, 5.74) is 5.63. The smallest absolute Gasteiger partial charge is 0.118 e. The maximum atomic E-state index is 11.2. The summed E-state index contributed by atoms with van der Waals surface area (Å²) in [6.07, 6.45) is 3.26. The Hall–Kier alpha value is -2.26. The van der Waals surface area contributed by atoms with Crippen molar-refractivity contribution in [1.82, 2.24) is 4.98 Å². The van der Waals surface area contributed by atoms with Crippen molar-refractivity contribution in [2.75, 3.05) is 0 Å². The van der Waals surface area contributed by atoms with E-state index in [0.717, 1.165) is 33.4 Å². The third-order valence-electron chi connectivity index (χ3n) is 5.18. The summed E-state index contributed by atoms with van der Waals surface area (Å²) in [7, 11) is 0. The standard InChI is InChI=1S/C24H30N2O/c1-15-17(23(2,3)4)14-18(24(5,6)7)22(27)21(15)26-20-12-13-25-19-11-9-8-10-16(19)20/h8-14,22,27H,1-7H3. The minimum absolute atomic E-state index is 0.0260. The molecule has 0 spiro atoms. The van der Waals surface area contributed by atoms with Gasteiger partial charge in [-0.05, 0) is 46.6 Å². The van der Waals surface area contributed by atoms with Crippen molar-refractivity contribution >= 4 is 22.3 Å². The summed E-state index contributed by atoms with van der Waals surface area (Å²) in [4.78, 5) is 9.39. The van der Waals surface area contributed by atoms with Gasteiger partial charge in [0.15, 0.2) is 0 Å². The number of fused-ring (bicyclic) bond motifs is 1. The zero-order chi connectivity index (χ0) is 20.0. The second-order valence-electron chi connectivity index (χ2n) is 9.39. The van der Waals surface area contributed by atoms with Crippen LogP contribution >= 0.6 is 0 Å². The molecule has 2 aromatic rings. The largest absolute Gasteiger partial charge is 0.382 e. The average molecular weight is 363 g/mol. The van der Waals surface area contributed by atoms with Gasteiger partial charge in [-0.2, -0.15) is 0 Å². The average Bonchev–Trinajstić information content (AvgIpc) is 2.56. The van der Waals surface area contributed by atoms with Crippen molar-refractivity contribution in [3.05, 3.63) is 59.3 Å². The highest BCUT2D eigenvalue weighted by atomic mass is 16.3. The molecule has 0 bridgehead atoms. The Kier molecular flexibility index (Phi) is 4.85. The first-order chi connectivity index (χ1) is 12.5. The lowest BCUT2D eigenvalue weighted by molar-refractivity contribution is 0.243. The maximum Gasteiger partial charge on any atom is 0.118 e. The summed E-state index contributed by atoms with van der Waals surface area (Å²) in [5.74, 6) is 0. The minimum Gasteiger partial charge on any atom is -0.382 e. The van der Waals surface area contributed by atoms with Crippen molar-refractivity contribution in [2.45, 2.75) is 54.6 Å². The maximum absolute atomic E-state index is 11.2. The second kappa shape index (κ2) is 6.72. The molecular formula is C24H30N2O. The van der Waals surface area contributed by atoms with Crippen LogP contribution in [0.1, 0.15) is 48.5 Å². The lowest BCUT2D eigenvalue weighted by atomic mass is 9.71. The third-order valence-corrected chi connectivity index (χ3v) is 5.18. The summed E-state index contributed by atoms with van der Waals surface area (Å²) >= 11 is 0. The number of para-hydroxylation sites is 1. The van der Waals surface area contributed by atoms with Gasteiger partial charge in [0, 0.05) is 11.6 Å². The van der Waals surface area contributed by atoms with E-state index in [-0.39, 0.29) is 10.8 Å². The Morgan fingerprint density at radius 2 is 1.63 bits per heavy atom. The predicted molar refractivity (Wildman–Crippen MR) is 115 cm³/mol. The van der Waals surface area contributed by atoms with Crippen LogP contribution in [0.15, 0.2) is 64.3 Å². The Balaban J connectivity index is 2.25. The van der Waals surface area contributed by atoms with Crippen LogP contribution in [-0.2, 0) is 0 Å². The van der Waals surface area contributed by atoms with Gasteiger partial charge in [-0.3, -0.25) is 4.98 Å². The predicted octanol–water partition coefficient (Wildman–Crippen LogP) is 6.02. The SMILES string of the molecule is CC1=C(C(C)(C)C)C=C(C(C)(C)C)C(O)C1=Nc1ccnc2ccccc12. The van der Waals surface area contributed by atoms with Crippen LogP contribution in [-0.4, -0.2) is 21.9 Å². The number of rotatable bonds is 1. The monoisotopic (exact) mass is 362 g/mol. The zero-order valence-electron chi connectivity index (χ0n) is 17.5. The van der Waals surface area contributed by atoms with Gasteiger partial charge in [-0.1, -0.05) is 65.8 Å². The number of nitrogens with zero attached hydrogens (tertiary/aromatic N) is 2. The molecule has 1 N–H and O–H groups in total. The highest BCUT2D eigenvalue weighted by Gasteiger charge is 2.35. The Bertz CT molecular complexity index is 961. The highest BCUT2D eigenvalue weighted by molar-refractivity contribution is 6.09. The number of hydrogen-bond donors (Lipinski definition) is 1. The molecule has 142 valence electrons. The van der Waals surface area contributed by atoms with Gasteiger partial charge in [0.25, 0.3) is 0 Å². The van der Waals surface area contributed by atoms with Crippen LogP contribution in [0.3, 0.4) is 0 Å². The molecule has 27 heavy (non-hydrogen) atoms. The van der Waals surface area contributed by atoms with Crippen molar-refractivity contribution < 1.29 is 5.11 Å². The number of aliphatic hydroxyl groups excluding tert-OH is 1. The Labute approximate surface area is 162 Å². The van der Waals surface area contributed by atoms with Gasteiger partial charge in [0.2, 0.25) is 0 Å². The fourth-order valence-electron chi connectivity index (χ4n) is 3.69. The number of benzene rings is 1. The van der Waals surface area contributed by atoms with E-state index in [2.05, 4.69) is 59.5 Å². The van der Waals surface area contributed by atoms with Crippen LogP contribution in [0.5, 0.6) is 0 Å². The molecule has 1 unspecified atom stereocenters. The summed E-state index contributed by atoms with van der Waals surface area (Å²) < 4.78 is 0. The van der Waals surface area contributed by atoms with Gasteiger partial charge >= 0.3 is 0 Å². The number of aliphatic imine (C=N–C) groups is 1. The summed E-state index contributed by atoms with van der Waals surface area (Å²) in [6, 6.07) is 9.90. The van der Waals surface area contributed by atoms with Gasteiger partial charge in [-0.15, -0.1) is 0 Å². The number of hydrogen-bond acceptors (Lipinski definition) is 3. The molecule has 3 nitrogen and oxygen atoms in total. The molecule has 1 aromatic carbocycles. The molecule has 0 saturated heterocycles. The van der Waals surface area contributed by atoms with E-state index >= 15 is 0 Å². The molecule has 0 saturated carbocycles. The molecule has 1 atom stereocenters. The van der Waals surface area contributed by atoms with Crippen LogP contribution < -0.4 is 0 Å². The number of aromatic nitrogens is 1. The van der Waals surface area contributed by atoms with E-state index in [4.69, 9.17) is 4.99 Å². The first-order valence-electron chi connectivity index (χ1n) is 9.54. The van der Waals surface area contributed by atoms with E-state index in [1.807, 2.05) is 30.3 Å². The molecule has 1 heterocycles. The summed E-state index contributed by atoms with van der Waals surface area (Å²) in [5, 5.41) is 12.2. The first kappa shape index (κ1) is 19.5. The molecule has 0 amide bonds.